The van der Waals surface area contributed by atoms with Crippen molar-refractivity contribution in [2.45, 2.75) is 0 Å². The Bertz CT molecular complexity index is 388. The second kappa shape index (κ2) is 7.06. The molecule has 1 heterocycles. The van der Waals surface area contributed by atoms with Crippen LogP contribution in [0.1, 0.15) is 10.4 Å². The molecule has 1 aromatic carbocycles. The molecule has 1 saturated heterocycles. The van der Waals surface area contributed by atoms with Crippen molar-refractivity contribution in [1.29, 1.82) is 0 Å². The minimum Gasteiger partial charge on any atom is -0.461 e. The number of ether oxygens (including phenoxy) is 1. The SMILES string of the molecule is O=C(OCCN1CCNCC1)c1ccc(I)cc1. The molecule has 2 rings (SSSR count). The van der Waals surface area contributed by atoms with Crippen molar-refractivity contribution in [3.8, 4) is 0 Å². The van der Waals surface area contributed by atoms with Crippen molar-refractivity contribution in [1.82, 2.24) is 10.2 Å². The summed E-state index contributed by atoms with van der Waals surface area (Å²) in [5.74, 6) is -0.235. The molecule has 0 unspecified atom stereocenters. The fourth-order valence-electron chi connectivity index (χ4n) is 1.87. The lowest BCUT2D eigenvalue weighted by Gasteiger charge is -2.26. The van der Waals surface area contributed by atoms with Gasteiger partial charge in [0.05, 0.1) is 5.56 Å². The summed E-state index contributed by atoms with van der Waals surface area (Å²) < 4.78 is 6.38. The molecule has 0 aromatic heterocycles. The van der Waals surface area contributed by atoms with Crippen LogP contribution in [0, 0.1) is 3.57 Å². The Kier molecular flexibility index (Phi) is 5.40. The maximum atomic E-state index is 11.7. The summed E-state index contributed by atoms with van der Waals surface area (Å²) in [5, 5.41) is 3.29. The quantitative estimate of drug-likeness (QED) is 0.650. The number of nitrogens with one attached hydrogen (secondary N) is 1. The van der Waals surface area contributed by atoms with E-state index in [0.29, 0.717) is 12.2 Å². The first-order valence-corrected chi connectivity index (χ1v) is 7.19. The Hall–Kier alpha value is -0.660. The fraction of sp³-hybridized carbons (Fsp3) is 0.462. The number of halogens is 1. The van der Waals surface area contributed by atoms with Gasteiger partial charge in [0.2, 0.25) is 0 Å². The average molecular weight is 360 g/mol. The van der Waals surface area contributed by atoms with Gasteiger partial charge in [-0.3, -0.25) is 4.90 Å². The molecule has 1 aromatic rings. The molecular weight excluding hydrogens is 343 g/mol. The molecule has 0 amide bonds. The highest BCUT2D eigenvalue weighted by molar-refractivity contribution is 14.1. The van der Waals surface area contributed by atoms with Gasteiger partial charge in [-0.25, -0.2) is 4.79 Å². The third-order valence-corrected chi connectivity index (χ3v) is 3.65. The highest BCUT2D eigenvalue weighted by Gasteiger charge is 2.11. The van der Waals surface area contributed by atoms with Crippen LogP contribution >= 0.6 is 22.6 Å². The molecule has 0 bridgehead atoms. The maximum Gasteiger partial charge on any atom is 0.338 e. The zero-order valence-corrected chi connectivity index (χ0v) is 12.4. The number of carbonyl (C=O) groups is 1. The van der Waals surface area contributed by atoms with E-state index in [4.69, 9.17) is 4.74 Å². The Morgan fingerprint density at radius 2 is 1.94 bits per heavy atom. The molecule has 4 nitrogen and oxygen atoms in total. The summed E-state index contributed by atoms with van der Waals surface area (Å²) in [4.78, 5) is 14.0. The van der Waals surface area contributed by atoms with Gasteiger partial charge in [-0.2, -0.15) is 0 Å². The van der Waals surface area contributed by atoms with Crippen molar-refractivity contribution < 1.29 is 9.53 Å². The molecule has 1 aliphatic heterocycles. The zero-order valence-electron chi connectivity index (χ0n) is 10.2. The molecule has 18 heavy (non-hydrogen) atoms. The Labute approximate surface area is 121 Å². The van der Waals surface area contributed by atoms with Gasteiger partial charge >= 0.3 is 5.97 Å². The van der Waals surface area contributed by atoms with Crippen LogP contribution in [0.4, 0.5) is 0 Å². The van der Waals surface area contributed by atoms with Gasteiger partial charge in [0.1, 0.15) is 6.61 Å². The van der Waals surface area contributed by atoms with Gasteiger partial charge in [0, 0.05) is 36.3 Å². The Morgan fingerprint density at radius 3 is 2.61 bits per heavy atom. The van der Waals surface area contributed by atoms with Gasteiger partial charge in [-0.15, -0.1) is 0 Å². The molecule has 0 spiro atoms. The van der Waals surface area contributed by atoms with Crippen LogP contribution in [0.5, 0.6) is 0 Å². The van der Waals surface area contributed by atoms with E-state index in [-0.39, 0.29) is 5.97 Å². The van der Waals surface area contributed by atoms with Gasteiger partial charge in [0.25, 0.3) is 0 Å². The number of piperazine rings is 1. The number of benzene rings is 1. The monoisotopic (exact) mass is 360 g/mol. The number of carbonyl (C=O) groups excluding carboxylic acids is 1. The molecule has 1 N–H and O–H groups in total. The Morgan fingerprint density at radius 1 is 1.28 bits per heavy atom. The second-order valence-electron chi connectivity index (χ2n) is 4.23. The minimum absolute atomic E-state index is 0.235. The second-order valence-corrected chi connectivity index (χ2v) is 5.48. The van der Waals surface area contributed by atoms with Crippen molar-refractivity contribution in [2.75, 3.05) is 39.3 Å². The van der Waals surface area contributed by atoms with Gasteiger partial charge < -0.3 is 10.1 Å². The van der Waals surface area contributed by atoms with E-state index in [0.717, 1.165) is 36.3 Å². The first kappa shape index (κ1) is 13.8. The summed E-state index contributed by atoms with van der Waals surface area (Å²) in [6.45, 7) is 5.38. The predicted molar refractivity (Wildman–Crippen MR) is 78.8 cm³/mol. The van der Waals surface area contributed by atoms with Crippen LogP contribution in [0.2, 0.25) is 0 Å². The molecule has 1 aliphatic rings. The van der Waals surface area contributed by atoms with Gasteiger partial charge in [-0.1, -0.05) is 0 Å². The van der Waals surface area contributed by atoms with Gasteiger partial charge in [0.15, 0.2) is 0 Å². The van der Waals surface area contributed by atoms with E-state index >= 15 is 0 Å². The highest BCUT2D eigenvalue weighted by Crippen LogP contribution is 2.08. The van der Waals surface area contributed by atoms with Crippen LogP contribution in [0.25, 0.3) is 0 Å². The standard InChI is InChI=1S/C13H17IN2O2/c14-12-3-1-11(2-4-12)13(17)18-10-9-16-7-5-15-6-8-16/h1-4,15H,5-10H2. The lowest BCUT2D eigenvalue weighted by molar-refractivity contribution is 0.0456. The van der Waals surface area contributed by atoms with Crippen LogP contribution < -0.4 is 5.32 Å². The largest absolute Gasteiger partial charge is 0.461 e. The summed E-state index contributed by atoms with van der Waals surface area (Å²) in [6, 6.07) is 7.42. The van der Waals surface area contributed by atoms with Crippen molar-refractivity contribution in [3.63, 3.8) is 0 Å². The van der Waals surface area contributed by atoms with Crippen molar-refractivity contribution in [2.24, 2.45) is 0 Å². The third-order valence-electron chi connectivity index (χ3n) is 2.93. The lowest BCUT2D eigenvalue weighted by Crippen LogP contribution is -2.44. The molecule has 0 radical (unpaired) electrons. The normalized spacial score (nSPS) is 16.5. The number of hydrogen-bond donors (Lipinski definition) is 1. The van der Waals surface area contributed by atoms with Gasteiger partial charge in [-0.05, 0) is 46.9 Å². The highest BCUT2D eigenvalue weighted by atomic mass is 127. The summed E-state index contributed by atoms with van der Waals surface area (Å²) >= 11 is 2.21. The number of rotatable bonds is 4. The third kappa shape index (κ3) is 4.22. The van der Waals surface area contributed by atoms with Crippen molar-refractivity contribution >= 4 is 28.6 Å². The summed E-state index contributed by atoms with van der Waals surface area (Å²) in [6.07, 6.45) is 0. The zero-order chi connectivity index (χ0) is 12.8. The van der Waals surface area contributed by atoms with E-state index in [1.54, 1.807) is 12.1 Å². The molecule has 1 fully saturated rings. The smallest absolute Gasteiger partial charge is 0.338 e. The van der Waals surface area contributed by atoms with Crippen LogP contribution in [0.15, 0.2) is 24.3 Å². The first-order valence-electron chi connectivity index (χ1n) is 6.11. The number of esters is 1. The van der Waals surface area contributed by atoms with E-state index in [9.17, 15) is 4.79 Å². The van der Waals surface area contributed by atoms with Crippen LogP contribution in [-0.4, -0.2) is 50.2 Å². The first-order chi connectivity index (χ1) is 8.75. The summed E-state index contributed by atoms with van der Waals surface area (Å²) in [7, 11) is 0. The molecule has 0 atom stereocenters. The number of nitrogens with zero attached hydrogens (tertiary/aromatic N) is 1. The molecule has 98 valence electrons. The van der Waals surface area contributed by atoms with E-state index in [1.807, 2.05) is 12.1 Å². The average Bonchev–Trinajstić information content (AvgIpc) is 2.40. The fourth-order valence-corrected chi connectivity index (χ4v) is 2.23. The van der Waals surface area contributed by atoms with Crippen LogP contribution in [0.3, 0.4) is 0 Å². The maximum absolute atomic E-state index is 11.7. The minimum atomic E-state index is -0.235. The summed E-state index contributed by atoms with van der Waals surface area (Å²) in [5.41, 5.74) is 0.621. The molecular formula is C13H17IN2O2. The van der Waals surface area contributed by atoms with Crippen molar-refractivity contribution in [3.05, 3.63) is 33.4 Å². The van der Waals surface area contributed by atoms with E-state index < -0.39 is 0 Å². The van der Waals surface area contributed by atoms with Crippen LogP contribution in [-0.2, 0) is 4.74 Å². The molecule has 0 saturated carbocycles. The van der Waals surface area contributed by atoms with E-state index in [1.165, 1.54) is 0 Å². The lowest BCUT2D eigenvalue weighted by atomic mass is 10.2. The Balaban J connectivity index is 1.72. The van der Waals surface area contributed by atoms with E-state index in [2.05, 4.69) is 32.8 Å². The number of hydrogen-bond acceptors (Lipinski definition) is 4. The molecule has 0 aliphatic carbocycles. The predicted octanol–water partition coefficient (Wildman–Crippen LogP) is 1.35. The topological polar surface area (TPSA) is 41.6 Å². The molecule has 5 heteroatoms.